The van der Waals surface area contributed by atoms with Crippen molar-refractivity contribution >= 4 is 50.7 Å². The SMILES string of the molecule is COc1cc(N2CCN(C(=O)Cn3nc(C)c(Cl)c3Br)CC2)ccc1Cl. The van der Waals surface area contributed by atoms with Crippen LogP contribution in [-0.2, 0) is 11.3 Å². The minimum absolute atomic E-state index is 0.0261. The Balaban J connectivity index is 1.61. The Bertz CT molecular complexity index is 819. The summed E-state index contributed by atoms with van der Waals surface area (Å²) < 4.78 is 7.51. The number of aryl methyl sites for hydroxylation is 1. The number of benzene rings is 1. The number of ether oxygens (including phenoxy) is 1. The van der Waals surface area contributed by atoms with Crippen LogP contribution >= 0.6 is 39.1 Å². The summed E-state index contributed by atoms with van der Waals surface area (Å²) in [4.78, 5) is 16.6. The fraction of sp³-hybridized carbons (Fsp3) is 0.412. The molecule has 0 saturated carbocycles. The quantitative estimate of drug-likeness (QED) is 0.697. The van der Waals surface area contributed by atoms with Crippen molar-refractivity contribution in [2.24, 2.45) is 0 Å². The molecule has 1 fully saturated rings. The molecule has 0 bridgehead atoms. The zero-order valence-electron chi connectivity index (χ0n) is 14.5. The van der Waals surface area contributed by atoms with Crippen molar-refractivity contribution in [3.05, 3.63) is 38.5 Å². The monoisotopic (exact) mass is 460 g/mol. The second kappa shape index (κ2) is 8.06. The van der Waals surface area contributed by atoms with E-state index in [2.05, 4.69) is 25.9 Å². The van der Waals surface area contributed by atoms with Crippen LogP contribution in [0.2, 0.25) is 10.0 Å². The molecule has 1 amide bonds. The number of nitrogens with zero attached hydrogens (tertiary/aromatic N) is 4. The summed E-state index contributed by atoms with van der Waals surface area (Å²) in [7, 11) is 1.60. The van der Waals surface area contributed by atoms with Crippen molar-refractivity contribution < 1.29 is 9.53 Å². The molecule has 2 aromatic rings. The molecular weight excluding hydrogens is 443 g/mol. The molecule has 26 heavy (non-hydrogen) atoms. The molecule has 0 radical (unpaired) electrons. The molecular formula is C17H19BrCl2N4O2. The van der Waals surface area contributed by atoms with Crippen molar-refractivity contribution in [1.82, 2.24) is 14.7 Å². The molecule has 1 saturated heterocycles. The summed E-state index contributed by atoms with van der Waals surface area (Å²) in [6.07, 6.45) is 0. The first kappa shape index (κ1) is 19.3. The lowest BCUT2D eigenvalue weighted by atomic mass is 10.2. The molecule has 0 unspecified atom stereocenters. The summed E-state index contributed by atoms with van der Waals surface area (Å²) >= 11 is 15.6. The van der Waals surface area contributed by atoms with Crippen LogP contribution < -0.4 is 9.64 Å². The van der Waals surface area contributed by atoms with E-state index in [0.29, 0.717) is 39.2 Å². The van der Waals surface area contributed by atoms with E-state index in [0.717, 1.165) is 18.8 Å². The van der Waals surface area contributed by atoms with Crippen LogP contribution in [-0.4, -0.2) is 53.9 Å². The van der Waals surface area contributed by atoms with E-state index in [1.807, 2.05) is 30.0 Å². The highest BCUT2D eigenvalue weighted by atomic mass is 79.9. The van der Waals surface area contributed by atoms with Gasteiger partial charge < -0.3 is 14.5 Å². The Morgan fingerprint density at radius 1 is 1.27 bits per heavy atom. The number of halogens is 3. The van der Waals surface area contributed by atoms with Gasteiger partial charge in [0.05, 0.1) is 22.8 Å². The Kier molecular flexibility index (Phi) is 5.99. The maximum Gasteiger partial charge on any atom is 0.244 e. The Morgan fingerprint density at radius 3 is 2.54 bits per heavy atom. The number of carbonyl (C=O) groups is 1. The van der Waals surface area contributed by atoms with Gasteiger partial charge in [0.25, 0.3) is 0 Å². The smallest absolute Gasteiger partial charge is 0.244 e. The Labute approximate surface area is 170 Å². The third-order valence-electron chi connectivity index (χ3n) is 4.41. The fourth-order valence-corrected chi connectivity index (χ4v) is 3.75. The molecule has 0 atom stereocenters. The molecule has 2 heterocycles. The first-order valence-corrected chi connectivity index (χ1v) is 9.70. The number of amides is 1. The van der Waals surface area contributed by atoms with E-state index in [9.17, 15) is 4.79 Å². The molecule has 1 aromatic carbocycles. The fourth-order valence-electron chi connectivity index (χ4n) is 2.92. The molecule has 0 aliphatic carbocycles. The van der Waals surface area contributed by atoms with Gasteiger partial charge >= 0.3 is 0 Å². The zero-order valence-corrected chi connectivity index (χ0v) is 17.6. The lowest BCUT2D eigenvalue weighted by Crippen LogP contribution is -2.49. The number of hydrogen-bond acceptors (Lipinski definition) is 4. The maximum absolute atomic E-state index is 12.6. The minimum atomic E-state index is 0.0261. The van der Waals surface area contributed by atoms with Gasteiger partial charge in [0, 0.05) is 37.9 Å². The van der Waals surface area contributed by atoms with Gasteiger partial charge in [0.15, 0.2) is 0 Å². The predicted octanol–water partition coefficient (Wildman–Crippen LogP) is 3.62. The second-order valence-electron chi connectivity index (χ2n) is 6.03. The van der Waals surface area contributed by atoms with Gasteiger partial charge in [-0.1, -0.05) is 23.2 Å². The van der Waals surface area contributed by atoms with E-state index < -0.39 is 0 Å². The summed E-state index contributed by atoms with van der Waals surface area (Å²) in [5.41, 5.74) is 1.74. The van der Waals surface area contributed by atoms with Crippen molar-refractivity contribution in [3.8, 4) is 5.75 Å². The summed E-state index contributed by atoms with van der Waals surface area (Å²) in [5.74, 6) is 0.677. The number of carbonyl (C=O) groups excluding carboxylic acids is 1. The summed E-state index contributed by atoms with van der Waals surface area (Å²) in [6, 6.07) is 5.72. The van der Waals surface area contributed by atoms with E-state index in [4.69, 9.17) is 27.9 Å². The topological polar surface area (TPSA) is 50.6 Å². The molecule has 3 rings (SSSR count). The highest BCUT2D eigenvalue weighted by Crippen LogP contribution is 2.30. The van der Waals surface area contributed by atoms with Gasteiger partial charge in [-0.05, 0) is 35.0 Å². The van der Waals surface area contributed by atoms with Gasteiger partial charge in [-0.3, -0.25) is 4.79 Å². The average molecular weight is 462 g/mol. The molecule has 9 heteroatoms. The van der Waals surface area contributed by atoms with Crippen LogP contribution in [0, 0.1) is 6.92 Å². The molecule has 6 nitrogen and oxygen atoms in total. The van der Waals surface area contributed by atoms with Crippen molar-refractivity contribution in [2.75, 3.05) is 38.2 Å². The number of aromatic nitrogens is 2. The molecule has 0 N–H and O–H groups in total. The molecule has 1 aromatic heterocycles. The van der Waals surface area contributed by atoms with E-state index in [-0.39, 0.29) is 12.5 Å². The van der Waals surface area contributed by atoms with Crippen LogP contribution in [0.15, 0.2) is 22.8 Å². The largest absolute Gasteiger partial charge is 0.495 e. The first-order chi connectivity index (χ1) is 12.4. The normalized spacial score (nSPS) is 14.7. The second-order valence-corrected chi connectivity index (χ2v) is 7.57. The highest BCUT2D eigenvalue weighted by molar-refractivity contribution is 9.10. The van der Waals surface area contributed by atoms with Gasteiger partial charge in [-0.15, -0.1) is 0 Å². The molecule has 1 aliphatic heterocycles. The van der Waals surface area contributed by atoms with Crippen LogP contribution in [0.25, 0.3) is 0 Å². The number of hydrogen-bond donors (Lipinski definition) is 0. The van der Waals surface area contributed by atoms with Gasteiger partial charge in [-0.2, -0.15) is 5.10 Å². The Morgan fingerprint density at radius 2 is 1.96 bits per heavy atom. The maximum atomic E-state index is 12.6. The zero-order chi connectivity index (χ0) is 18.8. The Hall–Kier alpha value is -1.44. The van der Waals surface area contributed by atoms with Crippen LogP contribution in [0.1, 0.15) is 5.69 Å². The summed E-state index contributed by atoms with van der Waals surface area (Å²) in [5, 5.41) is 5.42. The van der Waals surface area contributed by atoms with E-state index in [1.165, 1.54) is 0 Å². The van der Waals surface area contributed by atoms with Crippen LogP contribution in [0.5, 0.6) is 5.75 Å². The average Bonchev–Trinajstić information content (AvgIpc) is 2.89. The van der Waals surface area contributed by atoms with Gasteiger partial charge in [0.1, 0.15) is 16.9 Å². The third-order valence-corrected chi connectivity index (χ3v) is 6.21. The number of piperazine rings is 1. The van der Waals surface area contributed by atoms with Crippen molar-refractivity contribution in [1.29, 1.82) is 0 Å². The van der Waals surface area contributed by atoms with Crippen LogP contribution in [0.3, 0.4) is 0 Å². The minimum Gasteiger partial charge on any atom is -0.495 e. The first-order valence-electron chi connectivity index (χ1n) is 8.15. The lowest BCUT2D eigenvalue weighted by Gasteiger charge is -2.36. The lowest BCUT2D eigenvalue weighted by molar-refractivity contribution is -0.132. The van der Waals surface area contributed by atoms with Gasteiger partial charge in [-0.25, -0.2) is 4.68 Å². The number of rotatable bonds is 4. The molecule has 140 valence electrons. The van der Waals surface area contributed by atoms with Crippen molar-refractivity contribution in [3.63, 3.8) is 0 Å². The van der Waals surface area contributed by atoms with Gasteiger partial charge in [0.2, 0.25) is 5.91 Å². The summed E-state index contributed by atoms with van der Waals surface area (Å²) in [6.45, 7) is 4.77. The van der Waals surface area contributed by atoms with Crippen LogP contribution in [0.4, 0.5) is 5.69 Å². The predicted molar refractivity (Wildman–Crippen MR) is 106 cm³/mol. The van der Waals surface area contributed by atoms with E-state index in [1.54, 1.807) is 11.8 Å². The third kappa shape index (κ3) is 3.94. The van der Waals surface area contributed by atoms with E-state index >= 15 is 0 Å². The number of anilines is 1. The molecule has 0 spiro atoms. The van der Waals surface area contributed by atoms with Crippen molar-refractivity contribution in [2.45, 2.75) is 13.5 Å². The number of methoxy groups -OCH3 is 1. The standard InChI is InChI=1S/C17H19BrCl2N4O2/c1-11-16(20)17(18)24(21-11)10-15(25)23-7-5-22(6-8-23)12-3-4-13(19)14(9-12)26-2/h3-4,9H,5-8,10H2,1-2H3. The molecule has 1 aliphatic rings. The highest BCUT2D eigenvalue weighted by Gasteiger charge is 2.23.